The van der Waals surface area contributed by atoms with Crippen molar-refractivity contribution in [3.05, 3.63) is 35.9 Å². The highest BCUT2D eigenvalue weighted by Gasteiger charge is 2.57. The number of benzene rings is 1. The second-order valence-corrected chi connectivity index (χ2v) is 4.58. The number of hydrogen-bond donors (Lipinski definition) is 2. The lowest BCUT2D eigenvalue weighted by molar-refractivity contribution is -0.222. The molecule has 2 saturated heterocycles. The molecule has 5 atom stereocenters. The van der Waals surface area contributed by atoms with Gasteiger partial charge >= 0.3 is 0 Å². The van der Waals surface area contributed by atoms with Gasteiger partial charge in [0.1, 0.15) is 24.4 Å². The largest absolute Gasteiger partial charge is 0.394 e. The summed E-state index contributed by atoms with van der Waals surface area (Å²) in [6.07, 6.45) is -2.40. The van der Waals surface area contributed by atoms with Crippen molar-refractivity contribution in [2.75, 3.05) is 6.61 Å². The van der Waals surface area contributed by atoms with Crippen molar-refractivity contribution in [3.8, 4) is 0 Å². The number of epoxide rings is 1. The van der Waals surface area contributed by atoms with Crippen LogP contribution >= 0.6 is 0 Å². The normalized spacial score (nSPS) is 38.2. The number of hydrogen-bond acceptors (Lipinski definition) is 5. The summed E-state index contributed by atoms with van der Waals surface area (Å²) in [4.78, 5) is 0. The van der Waals surface area contributed by atoms with Gasteiger partial charge in [-0.3, -0.25) is 0 Å². The van der Waals surface area contributed by atoms with Gasteiger partial charge in [-0.15, -0.1) is 0 Å². The first kappa shape index (κ1) is 12.1. The van der Waals surface area contributed by atoms with E-state index in [1.54, 1.807) is 0 Å². The van der Waals surface area contributed by atoms with Crippen molar-refractivity contribution in [1.82, 2.24) is 0 Å². The molecule has 0 spiro atoms. The van der Waals surface area contributed by atoms with E-state index in [0.29, 0.717) is 6.61 Å². The third-order valence-electron chi connectivity index (χ3n) is 3.29. The molecule has 0 aliphatic carbocycles. The summed E-state index contributed by atoms with van der Waals surface area (Å²) in [7, 11) is 0. The van der Waals surface area contributed by atoms with Crippen LogP contribution in [-0.2, 0) is 20.8 Å². The Morgan fingerprint density at radius 2 is 1.89 bits per heavy atom. The van der Waals surface area contributed by atoms with Gasteiger partial charge < -0.3 is 24.4 Å². The molecule has 2 N–H and O–H groups in total. The quantitative estimate of drug-likeness (QED) is 0.741. The fraction of sp³-hybridized carbons (Fsp3) is 0.538. The molecular formula is C13H16O5. The van der Waals surface area contributed by atoms with Crippen LogP contribution in [0.3, 0.4) is 0 Å². The predicted octanol–water partition coefficient (Wildman–Crippen LogP) is 0.0487. The molecule has 18 heavy (non-hydrogen) atoms. The van der Waals surface area contributed by atoms with Gasteiger partial charge in [-0.1, -0.05) is 30.3 Å². The summed E-state index contributed by atoms with van der Waals surface area (Å²) in [5.74, 6) is 0. The van der Waals surface area contributed by atoms with Crippen molar-refractivity contribution < 1.29 is 24.4 Å². The van der Waals surface area contributed by atoms with Crippen molar-refractivity contribution in [2.24, 2.45) is 0 Å². The Labute approximate surface area is 105 Å². The third kappa shape index (κ3) is 2.28. The second-order valence-electron chi connectivity index (χ2n) is 4.58. The van der Waals surface area contributed by atoms with Crippen molar-refractivity contribution in [1.29, 1.82) is 0 Å². The van der Waals surface area contributed by atoms with Crippen LogP contribution in [0.15, 0.2) is 30.3 Å². The van der Waals surface area contributed by atoms with Crippen LogP contribution in [-0.4, -0.2) is 47.5 Å². The Kier molecular flexibility index (Phi) is 3.32. The first-order chi connectivity index (χ1) is 8.79. The summed E-state index contributed by atoms with van der Waals surface area (Å²) in [5, 5.41) is 18.8. The molecule has 0 unspecified atom stereocenters. The van der Waals surface area contributed by atoms with E-state index in [-0.39, 0.29) is 18.8 Å². The first-order valence-electron chi connectivity index (χ1n) is 6.05. The van der Waals surface area contributed by atoms with E-state index in [1.165, 1.54) is 0 Å². The standard InChI is InChI=1S/C13H16O5/c14-6-9-10(15)11-12(18-11)13(17-9)16-7-8-4-2-1-3-5-8/h1-5,9-15H,6-7H2/t9-,10-,11+,12+,13+/m1/s1. The van der Waals surface area contributed by atoms with E-state index in [4.69, 9.17) is 19.3 Å². The lowest BCUT2D eigenvalue weighted by atomic mass is 10.1. The average Bonchev–Trinajstić information content (AvgIpc) is 3.20. The lowest BCUT2D eigenvalue weighted by Gasteiger charge is -2.29. The highest BCUT2D eigenvalue weighted by Crippen LogP contribution is 2.38. The summed E-state index contributed by atoms with van der Waals surface area (Å²) < 4.78 is 16.4. The summed E-state index contributed by atoms with van der Waals surface area (Å²) >= 11 is 0. The Hall–Kier alpha value is -0.980. The number of fused-ring (bicyclic) bond motifs is 1. The molecule has 0 aromatic heterocycles. The first-order valence-corrected chi connectivity index (χ1v) is 6.05. The molecule has 2 heterocycles. The molecular weight excluding hydrogens is 236 g/mol. The third-order valence-corrected chi connectivity index (χ3v) is 3.29. The van der Waals surface area contributed by atoms with Crippen LogP contribution in [0.5, 0.6) is 0 Å². The highest BCUT2D eigenvalue weighted by molar-refractivity contribution is 5.13. The zero-order chi connectivity index (χ0) is 12.5. The topological polar surface area (TPSA) is 71.5 Å². The Balaban J connectivity index is 1.57. The van der Waals surface area contributed by atoms with Crippen LogP contribution in [0.4, 0.5) is 0 Å². The molecule has 0 amide bonds. The summed E-state index contributed by atoms with van der Waals surface area (Å²) in [5.41, 5.74) is 1.05. The highest BCUT2D eigenvalue weighted by atomic mass is 16.7. The smallest absolute Gasteiger partial charge is 0.187 e. The fourth-order valence-electron chi connectivity index (χ4n) is 2.21. The maximum absolute atomic E-state index is 9.72. The number of ether oxygens (including phenoxy) is 3. The molecule has 5 nitrogen and oxygen atoms in total. The van der Waals surface area contributed by atoms with Gasteiger partial charge in [-0.25, -0.2) is 0 Å². The molecule has 1 aromatic rings. The molecule has 5 heteroatoms. The monoisotopic (exact) mass is 252 g/mol. The van der Waals surface area contributed by atoms with Crippen molar-refractivity contribution in [2.45, 2.75) is 37.3 Å². The van der Waals surface area contributed by atoms with Gasteiger partial charge in [-0.2, -0.15) is 0 Å². The lowest BCUT2D eigenvalue weighted by Crippen LogP contribution is -2.47. The average molecular weight is 252 g/mol. The maximum atomic E-state index is 9.72. The predicted molar refractivity (Wildman–Crippen MR) is 61.6 cm³/mol. The van der Waals surface area contributed by atoms with E-state index >= 15 is 0 Å². The molecule has 98 valence electrons. The SMILES string of the molecule is OC[C@H]1O[C@H](OCc2ccccc2)[C@H]2O[C@H]2[C@@H]1O. The Morgan fingerprint density at radius 1 is 1.11 bits per heavy atom. The van der Waals surface area contributed by atoms with E-state index in [1.807, 2.05) is 30.3 Å². The summed E-state index contributed by atoms with van der Waals surface area (Å²) in [6.45, 7) is 0.186. The zero-order valence-corrected chi connectivity index (χ0v) is 9.81. The molecule has 0 saturated carbocycles. The molecule has 0 bridgehead atoms. The molecule has 0 radical (unpaired) electrons. The van der Waals surface area contributed by atoms with Crippen molar-refractivity contribution in [3.63, 3.8) is 0 Å². The minimum absolute atomic E-state index is 0.216. The van der Waals surface area contributed by atoms with Crippen LogP contribution in [0.2, 0.25) is 0 Å². The van der Waals surface area contributed by atoms with Crippen LogP contribution < -0.4 is 0 Å². The van der Waals surface area contributed by atoms with E-state index < -0.39 is 18.5 Å². The zero-order valence-electron chi connectivity index (χ0n) is 9.81. The minimum Gasteiger partial charge on any atom is -0.394 e. The van der Waals surface area contributed by atoms with Gasteiger partial charge in [0.25, 0.3) is 0 Å². The fourth-order valence-corrected chi connectivity index (χ4v) is 2.21. The van der Waals surface area contributed by atoms with Gasteiger partial charge in [-0.05, 0) is 5.56 Å². The van der Waals surface area contributed by atoms with Crippen LogP contribution in [0.25, 0.3) is 0 Å². The van der Waals surface area contributed by atoms with Gasteiger partial charge in [0, 0.05) is 0 Å². The van der Waals surface area contributed by atoms with Crippen LogP contribution in [0.1, 0.15) is 5.56 Å². The maximum Gasteiger partial charge on any atom is 0.187 e. The molecule has 2 aliphatic heterocycles. The van der Waals surface area contributed by atoms with E-state index in [2.05, 4.69) is 0 Å². The molecule has 2 aliphatic rings. The number of aliphatic hydroxyl groups is 2. The molecule has 2 fully saturated rings. The van der Waals surface area contributed by atoms with E-state index in [0.717, 1.165) is 5.56 Å². The van der Waals surface area contributed by atoms with Gasteiger partial charge in [0.2, 0.25) is 0 Å². The van der Waals surface area contributed by atoms with Gasteiger partial charge in [0.05, 0.1) is 13.2 Å². The Bertz CT molecular complexity index is 396. The molecule has 1 aromatic carbocycles. The van der Waals surface area contributed by atoms with E-state index in [9.17, 15) is 5.11 Å². The van der Waals surface area contributed by atoms with Crippen LogP contribution in [0, 0.1) is 0 Å². The van der Waals surface area contributed by atoms with Gasteiger partial charge in [0.15, 0.2) is 6.29 Å². The second kappa shape index (κ2) is 4.95. The van der Waals surface area contributed by atoms with Crippen molar-refractivity contribution >= 4 is 0 Å². The molecule has 3 rings (SSSR count). The summed E-state index contributed by atoms with van der Waals surface area (Å²) in [6, 6.07) is 9.76. The minimum atomic E-state index is -0.767. The Morgan fingerprint density at radius 3 is 2.61 bits per heavy atom. The number of rotatable bonds is 4. The number of aliphatic hydroxyl groups excluding tert-OH is 2.